The molecule has 5 nitrogen and oxygen atoms in total. The van der Waals surface area contributed by atoms with Gasteiger partial charge in [0, 0.05) is 33.2 Å². The molecule has 130 valence electrons. The first kappa shape index (κ1) is 21.5. The summed E-state index contributed by atoms with van der Waals surface area (Å²) in [6, 6.07) is 0.367. The number of likely N-dealkylation sites (N-methyl/N-ethyl adjacent to an activating group) is 1. The normalized spacial score (nSPS) is 23.0. The van der Waals surface area contributed by atoms with Crippen LogP contribution < -0.4 is 5.32 Å². The first-order chi connectivity index (χ1) is 9.81. The van der Waals surface area contributed by atoms with E-state index >= 15 is 0 Å². The van der Waals surface area contributed by atoms with Crippen molar-refractivity contribution >= 4 is 35.8 Å². The van der Waals surface area contributed by atoms with Gasteiger partial charge in [0.05, 0.1) is 0 Å². The summed E-state index contributed by atoms with van der Waals surface area (Å²) in [5.74, 6) is 0.924. The van der Waals surface area contributed by atoms with Crippen LogP contribution in [0.5, 0.6) is 0 Å². The van der Waals surface area contributed by atoms with Gasteiger partial charge in [-0.3, -0.25) is 4.79 Å². The summed E-state index contributed by atoms with van der Waals surface area (Å²) in [6.07, 6.45) is 3.41. The highest BCUT2D eigenvalue weighted by atomic mass is 127. The van der Waals surface area contributed by atoms with Gasteiger partial charge < -0.3 is 15.1 Å². The number of likely N-dealkylation sites (tertiary alicyclic amines) is 1. The van der Waals surface area contributed by atoms with E-state index in [0.29, 0.717) is 11.5 Å². The standard InChI is InChI=1S/C16H32N4O.HI/c1-7-13(3)18-15(17-11-14(21)19(5)6)20-10-9-16(4,8-2)12-20;/h13H,7-12H2,1-6H3,(H,17,18);1H. The molecule has 0 aromatic rings. The third-order valence-electron chi connectivity index (χ3n) is 4.56. The van der Waals surface area contributed by atoms with Crippen LogP contribution in [0, 0.1) is 5.41 Å². The van der Waals surface area contributed by atoms with E-state index in [1.165, 1.54) is 12.8 Å². The number of nitrogens with zero attached hydrogens (tertiary/aromatic N) is 3. The number of rotatable bonds is 5. The second kappa shape index (κ2) is 9.57. The van der Waals surface area contributed by atoms with Crippen LogP contribution in [0.25, 0.3) is 0 Å². The molecule has 0 radical (unpaired) electrons. The highest BCUT2D eigenvalue weighted by molar-refractivity contribution is 14.0. The van der Waals surface area contributed by atoms with Gasteiger partial charge in [0.1, 0.15) is 6.54 Å². The van der Waals surface area contributed by atoms with E-state index in [1.54, 1.807) is 19.0 Å². The van der Waals surface area contributed by atoms with Crippen LogP contribution in [0.3, 0.4) is 0 Å². The van der Waals surface area contributed by atoms with Crippen LogP contribution in [0.2, 0.25) is 0 Å². The highest BCUT2D eigenvalue weighted by Gasteiger charge is 2.33. The molecule has 0 aliphatic carbocycles. The summed E-state index contributed by atoms with van der Waals surface area (Å²) in [4.78, 5) is 20.2. The molecule has 1 saturated heterocycles. The van der Waals surface area contributed by atoms with Crippen molar-refractivity contribution < 1.29 is 4.79 Å². The largest absolute Gasteiger partial charge is 0.354 e. The van der Waals surface area contributed by atoms with E-state index in [0.717, 1.165) is 25.5 Å². The van der Waals surface area contributed by atoms with Gasteiger partial charge in [-0.25, -0.2) is 4.99 Å². The summed E-state index contributed by atoms with van der Waals surface area (Å²) in [5, 5.41) is 3.47. The molecule has 1 heterocycles. The predicted octanol–water partition coefficient (Wildman–Crippen LogP) is 2.56. The molecule has 1 rings (SSSR count). The Morgan fingerprint density at radius 3 is 2.50 bits per heavy atom. The van der Waals surface area contributed by atoms with E-state index in [4.69, 9.17) is 0 Å². The van der Waals surface area contributed by atoms with Crippen LogP contribution in [0.4, 0.5) is 0 Å². The van der Waals surface area contributed by atoms with E-state index < -0.39 is 0 Å². The van der Waals surface area contributed by atoms with E-state index in [9.17, 15) is 4.79 Å². The molecule has 1 aliphatic rings. The molecule has 1 N–H and O–H groups in total. The van der Waals surface area contributed by atoms with Crippen LogP contribution in [0.1, 0.15) is 47.0 Å². The minimum Gasteiger partial charge on any atom is -0.354 e. The maximum atomic E-state index is 11.8. The average molecular weight is 424 g/mol. The number of amides is 1. The fourth-order valence-electron chi connectivity index (χ4n) is 2.34. The number of nitrogens with one attached hydrogen (secondary N) is 1. The Labute approximate surface area is 152 Å². The minimum atomic E-state index is 0. The van der Waals surface area contributed by atoms with Gasteiger partial charge in [0.2, 0.25) is 5.91 Å². The van der Waals surface area contributed by atoms with Crippen molar-refractivity contribution in [3.8, 4) is 0 Å². The van der Waals surface area contributed by atoms with Gasteiger partial charge >= 0.3 is 0 Å². The van der Waals surface area contributed by atoms with Gasteiger partial charge in [-0.15, -0.1) is 24.0 Å². The quantitative estimate of drug-likeness (QED) is 0.419. The summed E-state index contributed by atoms with van der Waals surface area (Å²) in [7, 11) is 3.53. The zero-order valence-electron chi connectivity index (χ0n) is 15.0. The number of halogens is 1. The highest BCUT2D eigenvalue weighted by Crippen LogP contribution is 2.32. The number of hydrogen-bond acceptors (Lipinski definition) is 2. The van der Waals surface area contributed by atoms with E-state index in [1.807, 2.05) is 0 Å². The third kappa shape index (κ3) is 6.30. The average Bonchev–Trinajstić information content (AvgIpc) is 2.85. The topological polar surface area (TPSA) is 47.9 Å². The van der Waals surface area contributed by atoms with Crippen LogP contribution in [-0.4, -0.2) is 61.4 Å². The molecule has 1 fully saturated rings. The molecule has 2 unspecified atom stereocenters. The fourth-order valence-corrected chi connectivity index (χ4v) is 2.34. The number of carbonyl (C=O) groups is 1. The molecule has 0 aromatic heterocycles. The van der Waals surface area contributed by atoms with Crippen molar-refractivity contribution in [3.63, 3.8) is 0 Å². The maximum Gasteiger partial charge on any atom is 0.243 e. The van der Waals surface area contributed by atoms with Gasteiger partial charge in [-0.1, -0.05) is 20.8 Å². The predicted molar refractivity (Wildman–Crippen MR) is 104 cm³/mol. The van der Waals surface area contributed by atoms with Crippen molar-refractivity contribution in [1.29, 1.82) is 0 Å². The molecule has 0 saturated carbocycles. The lowest BCUT2D eigenvalue weighted by Crippen LogP contribution is -2.45. The first-order valence-corrected chi connectivity index (χ1v) is 8.07. The lowest BCUT2D eigenvalue weighted by Gasteiger charge is -2.27. The Kier molecular flexibility index (Phi) is 9.34. The smallest absolute Gasteiger partial charge is 0.243 e. The second-order valence-electron chi connectivity index (χ2n) is 6.72. The van der Waals surface area contributed by atoms with Crippen molar-refractivity contribution in [2.45, 2.75) is 53.0 Å². The minimum absolute atomic E-state index is 0. The maximum absolute atomic E-state index is 11.8. The van der Waals surface area contributed by atoms with Crippen LogP contribution in [-0.2, 0) is 4.79 Å². The van der Waals surface area contributed by atoms with Gasteiger partial charge in [0.15, 0.2) is 5.96 Å². The lowest BCUT2D eigenvalue weighted by molar-refractivity contribution is -0.127. The Bertz CT molecular complexity index is 386. The van der Waals surface area contributed by atoms with Gasteiger partial charge in [-0.2, -0.15) is 0 Å². The fraction of sp³-hybridized carbons (Fsp3) is 0.875. The van der Waals surface area contributed by atoms with Crippen molar-refractivity contribution in [2.75, 3.05) is 33.7 Å². The molecule has 1 aliphatic heterocycles. The number of carbonyl (C=O) groups excluding carboxylic acids is 1. The van der Waals surface area contributed by atoms with E-state index in [2.05, 4.69) is 42.9 Å². The lowest BCUT2D eigenvalue weighted by atomic mass is 9.87. The molecule has 1 amide bonds. The SMILES string of the molecule is CCC(C)NC(=NCC(=O)N(C)C)N1CCC(C)(CC)C1.I. The molecule has 6 heteroatoms. The molecule has 0 bridgehead atoms. The van der Waals surface area contributed by atoms with Gasteiger partial charge in [-0.05, 0) is 31.6 Å². The Morgan fingerprint density at radius 1 is 1.41 bits per heavy atom. The number of aliphatic imine (C=N–C) groups is 1. The third-order valence-corrected chi connectivity index (χ3v) is 4.56. The number of hydrogen-bond donors (Lipinski definition) is 1. The zero-order valence-corrected chi connectivity index (χ0v) is 17.3. The molecule has 0 spiro atoms. The molecular formula is C16H33IN4O. The molecule has 22 heavy (non-hydrogen) atoms. The van der Waals surface area contributed by atoms with Gasteiger partial charge in [0.25, 0.3) is 0 Å². The van der Waals surface area contributed by atoms with Crippen molar-refractivity contribution in [2.24, 2.45) is 10.4 Å². The number of guanidine groups is 1. The van der Waals surface area contributed by atoms with Crippen molar-refractivity contribution in [1.82, 2.24) is 15.1 Å². The molecule has 0 aromatic carbocycles. The van der Waals surface area contributed by atoms with E-state index in [-0.39, 0.29) is 36.4 Å². The molecular weight excluding hydrogens is 391 g/mol. The molecule has 2 atom stereocenters. The van der Waals surface area contributed by atoms with Crippen molar-refractivity contribution in [3.05, 3.63) is 0 Å². The second-order valence-corrected chi connectivity index (χ2v) is 6.72. The first-order valence-electron chi connectivity index (χ1n) is 8.07. The Balaban J connectivity index is 0.00000441. The Hall–Kier alpha value is -0.530. The van der Waals surface area contributed by atoms with Crippen LogP contribution in [0.15, 0.2) is 4.99 Å². The zero-order chi connectivity index (χ0) is 16.0. The monoisotopic (exact) mass is 424 g/mol. The summed E-state index contributed by atoms with van der Waals surface area (Å²) in [6.45, 7) is 11.1. The summed E-state index contributed by atoms with van der Waals surface area (Å²) >= 11 is 0. The summed E-state index contributed by atoms with van der Waals surface area (Å²) in [5.41, 5.74) is 0.365. The summed E-state index contributed by atoms with van der Waals surface area (Å²) < 4.78 is 0. The Morgan fingerprint density at radius 2 is 2.05 bits per heavy atom. The van der Waals surface area contributed by atoms with Crippen LogP contribution >= 0.6 is 24.0 Å².